The Morgan fingerprint density at radius 2 is 1.90 bits per heavy atom. The van der Waals surface area contributed by atoms with Crippen LogP contribution in [0.25, 0.3) is 5.69 Å². The molecule has 1 aromatic heterocycles. The Morgan fingerprint density at radius 1 is 1.23 bits per heavy atom. The maximum Gasteiger partial charge on any atom is 0.434 e. The number of nitrogens with zero attached hydrogens (tertiary/aromatic N) is 3. The van der Waals surface area contributed by atoms with Gasteiger partial charge < -0.3 is 10.2 Å². The fourth-order valence-electron chi connectivity index (χ4n) is 3.37. The Labute approximate surface area is 177 Å². The van der Waals surface area contributed by atoms with E-state index in [4.69, 9.17) is 11.6 Å². The van der Waals surface area contributed by atoms with Crippen molar-refractivity contribution in [3.63, 3.8) is 0 Å². The van der Waals surface area contributed by atoms with E-state index in [2.05, 4.69) is 10.4 Å². The molecule has 6 nitrogen and oxygen atoms in total. The number of likely N-dealkylation sites (tertiary alicyclic amines) is 1. The SMILES string of the molecule is CC(C)C(=O)NC1CCCN(C(=O)c2cnn(-c3ccc(Cl)cc3)c2C(F)(F)F)C1. The molecule has 2 heterocycles. The Morgan fingerprint density at radius 3 is 2.50 bits per heavy atom. The van der Waals surface area contributed by atoms with Crippen LogP contribution in [-0.2, 0) is 11.0 Å². The first kappa shape index (κ1) is 22.1. The summed E-state index contributed by atoms with van der Waals surface area (Å²) in [6.45, 7) is 3.97. The Kier molecular flexibility index (Phi) is 6.40. The van der Waals surface area contributed by atoms with Crippen molar-refractivity contribution >= 4 is 23.4 Å². The summed E-state index contributed by atoms with van der Waals surface area (Å²) in [5, 5.41) is 7.05. The van der Waals surface area contributed by atoms with Crippen LogP contribution in [0.3, 0.4) is 0 Å². The summed E-state index contributed by atoms with van der Waals surface area (Å²) in [7, 11) is 0. The zero-order valence-corrected chi connectivity index (χ0v) is 17.3. The summed E-state index contributed by atoms with van der Waals surface area (Å²) in [6.07, 6.45) is -2.60. The largest absolute Gasteiger partial charge is 0.434 e. The summed E-state index contributed by atoms with van der Waals surface area (Å²) >= 11 is 5.81. The summed E-state index contributed by atoms with van der Waals surface area (Å²) < 4.78 is 42.3. The molecular formula is C20H22ClF3N4O2. The lowest BCUT2D eigenvalue weighted by Gasteiger charge is -2.33. The maximum absolute atomic E-state index is 13.9. The van der Waals surface area contributed by atoms with Gasteiger partial charge in [-0.05, 0) is 37.1 Å². The van der Waals surface area contributed by atoms with Crippen LogP contribution in [0.15, 0.2) is 30.5 Å². The van der Waals surface area contributed by atoms with Gasteiger partial charge in [-0.1, -0.05) is 25.4 Å². The van der Waals surface area contributed by atoms with Crippen molar-refractivity contribution in [1.82, 2.24) is 20.0 Å². The molecule has 2 aromatic rings. The zero-order chi connectivity index (χ0) is 22.1. The number of carbonyl (C=O) groups is 2. The first-order valence-electron chi connectivity index (χ1n) is 9.58. The molecule has 1 aromatic carbocycles. The lowest BCUT2D eigenvalue weighted by Crippen LogP contribution is -2.50. The average molecular weight is 443 g/mol. The third kappa shape index (κ3) is 4.77. The predicted octanol–water partition coefficient (Wildman–Crippen LogP) is 3.92. The van der Waals surface area contributed by atoms with Gasteiger partial charge in [0.15, 0.2) is 5.69 Å². The van der Waals surface area contributed by atoms with Crippen LogP contribution in [0.4, 0.5) is 13.2 Å². The Hall–Kier alpha value is -2.55. The molecule has 1 atom stereocenters. The monoisotopic (exact) mass is 442 g/mol. The number of halogens is 4. The predicted molar refractivity (Wildman–Crippen MR) is 105 cm³/mol. The van der Waals surface area contributed by atoms with Crippen LogP contribution in [0.2, 0.25) is 5.02 Å². The van der Waals surface area contributed by atoms with Gasteiger partial charge in [0, 0.05) is 30.1 Å². The number of carbonyl (C=O) groups excluding carboxylic acids is 2. The molecule has 2 amide bonds. The third-order valence-corrected chi connectivity index (χ3v) is 5.17. The number of nitrogens with one attached hydrogen (secondary N) is 1. The molecule has 30 heavy (non-hydrogen) atoms. The highest BCUT2D eigenvalue weighted by atomic mass is 35.5. The van der Waals surface area contributed by atoms with E-state index >= 15 is 0 Å². The fourth-order valence-corrected chi connectivity index (χ4v) is 3.50. The van der Waals surface area contributed by atoms with Gasteiger partial charge in [0.05, 0.1) is 17.4 Å². The molecule has 1 fully saturated rings. The lowest BCUT2D eigenvalue weighted by atomic mass is 10.0. The quantitative estimate of drug-likeness (QED) is 0.780. The standard InChI is InChI=1S/C20H22ClF3N4O2/c1-12(2)18(29)26-14-4-3-9-27(11-14)19(30)16-10-25-28(17(16)20(22,23)24)15-7-5-13(21)6-8-15/h5-8,10,12,14H,3-4,9,11H2,1-2H3,(H,26,29). The van der Waals surface area contributed by atoms with Gasteiger partial charge in [-0.3, -0.25) is 9.59 Å². The highest BCUT2D eigenvalue weighted by Crippen LogP contribution is 2.34. The molecule has 0 radical (unpaired) electrons. The van der Waals surface area contributed by atoms with Gasteiger partial charge in [-0.15, -0.1) is 0 Å². The highest BCUT2D eigenvalue weighted by molar-refractivity contribution is 6.30. The number of rotatable bonds is 4. The Bertz CT molecular complexity index is 925. The van der Waals surface area contributed by atoms with E-state index in [9.17, 15) is 22.8 Å². The van der Waals surface area contributed by atoms with Gasteiger partial charge in [0.2, 0.25) is 5.91 Å². The van der Waals surface area contributed by atoms with Crippen LogP contribution in [0.5, 0.6) is 0 Å². The average Bonchev–Trinajstić information content (AvgIpc) is 3.13. The molecule has 0 aliphatic carbocycles. The first-order valence-corrected chi connectivity index (χ1v) is 9.96. The minimum absolute atomic E-state index is 0.145. The number of benzene rings is 1. The second kappa shape index (κ2) is 8.67. The van der Waals surface area contributed by atoms with Gasteiger partial charge >= 0.3 is 6.18 Å². The van der Waals surface area contributed by atoms with Crippen LogP contribution >= 0.6 is 11.6 Å². The molecule has 1 N–H and O–H groups in total. The van der Waals surface area contributed by atoms with E-state index in [1.165, 1.54) is 29.2 Å². The van der Waals surface area contributed by atoms with E-state index in [0.717, 1.165) is 6.20 Å². The molecule has 162 valence electrons. The third-order valence-electron chi connectivity index (χ3n) is 4.92. The molecule has 1 aliphatic heterocycles. The molecule has 1 unspecified atom stereocenters. The van der Waals surface area contributed by atoms with E-state index in [1.807, 2.05) is 0 Å². The Balaban J connectivity index is 1.88. The molecular weight excluding hydrogens is 421 g/mol. The number of amides is 2. The second-order valence-electron chi connectivity index (χ2n) is 7.55. The minimum Gasteiger partial charge on any atom is -0.351 e. The van der Waals surface area contributed by atoms with Gasteiger partial charge in [-0.25, -0.2) is 4.68 Å². The first-order chi connectivity index (χ1) is 14.1. The summed E-state index contributed by atoms with van der Waals surface area (Å²) in [5.41, 5.74) is -1.51. The van der Waals surface area contributed by atoms with Crippen LogP contribution in [-0.4, -0.2) is 45.6 Å². The molecule has 10 heteroatoms. The number of piperidine rings is 1. The molecule has 1 aliphatic rings. The van der Waals surface area contributed by atoms with Gasteiger partial charge in [-0.2, -0.15) is 18.3 Å². The maximum atomic E-state index is 13.9. The van der Waals surface area contributed by atoms with Crippen molar-refractivity contribution in [2.75, 3.05) is 13.1 Å². The van der Waals surface area contributed by atoms with Crippen LogP contribution in [0, 0.1) is 5.92 Å². The van der Waals surface area contributed by atoms with E-state index < -0.39 is 23.3 Å². The molecule has 0 spiro atoms. The minimum atomic E-state index is -4.79. The molecule has 0 bridgehead atoms. The topological polar surface area (TPSA) is 67.2 Å². The molecule has 3 rings (SSSR count). The van der Waals surface area contributed by atoms with Crippen molar-refractivity contribution in [3.8, 4) is 5.69 Å². The van der Waals surface area contributed by atoms with E-state index in [1.54, 1.807) is 13.8 Å². The summed E-state index contributed by atoms with van der Waals surface area (Å²) in [6, 6.07) is 5.41. The summed E-state index contributed by atoms with van der Waals surface area (Å²) in [4.78, 5) is 26.3. The van der Waals surface area contributed by atoms with Crippen LogP contribution < -0.4 is 5.32 Å². The smallest absolute Gasteiger partial charge is 0.351 e. The van der Waals surface area contributed by atoms with Crippen molar-refractivity contribution in [2.24, 2.45) is 5.92 Å². The number of aromatic nitrogens is 2. The fraction of sp³-hybridized carbons (Fsp3) is 0.450. The number of hydrogen-bond acceptors (Lipinski definition) is 3. The lowest BCUT2D eigenvalue weighted by molar-refractivity contribution is -0.143. The number of alkyl halides is 3. The van der Waals surface area contributed by atoms with Gasteiger partial charge in [0.25, 0.3) is 5.91 Å². The molecule has 0 saturated carbocycles. The van der Waals surface area contributed by atoms with Crippen LogP contribution in [0.1, 0.15) is 42.7 Å². The second-order valence-corrected chi connectivity index (χ2v) is 7.98. The highest BCUT2D eigenvalue weighted by Gasteiger charge is 2.42. The zero-order valence-electron chi connectivity index (χ0n) is 16.5. The van der Waals surface area contributed by atoms with E-state index in [-0.39, 0.29) is 30.1 Å². The van der Waals surface area contributed by atoms with Crippen molar-refractivity contribution in [3.05, 3.63) is 46.7 Å². The van der Waals surface area contributed by atoms with Crippen molar-refractivity contribution in [1.29, 1.82) is 0 Å². The van der Waals surface area contributed by atoms with Crippen molar-refractivity contribution < 1.29 is 22.8 Å². The number of hydrogen-bond donors (Lipinski definition) is 1. The molecule has 1 saturated heterocycles. The van der Waals surface area contributed by atoms with Crippen molar-refractivity contribution in [2.45, 2.75) is 38.9 Å². The van der Waals surface area contributed by atoms with E-state index in [0.29, 0.717) is 29.1 Å². The normalized spacial score (nSPS) is 17.3. The summed E-state index contributed by atoms with van der Waals surface area (Å²) in [5.74, 6) is -1.13. The van der Waals surface area contributed by atoms with Gasteiger partial charge in [0.1, 0.15) is 0 Å².